The Hall–Kier alpha value is -1.86. The molecule has 0 saturated carbocycles. The molecule has 1 heterocycles. The maximum absolute atomic E-state index is 12.2. The highest BCUT2D eigenvalue weighted by molar-refractivity contribution is 6.04. The third kappa shape index (κ3) is 2.02. The Bertz CT molecular complexity index is 464. The standard InChI is InChI=1S/C13H15N3O/c1-15-12-10-6-2-3-7-11(10)16(13(12)17)9-5-4-8-14/h2-3,6-7,12,15H,4-5,9H2,1H3. The number of amides is 1. The van der Waals surface area contributed by atoms with E-state index >= 15 is 0 Å². The minimum atomic E-state index is -0.242. The highest BCUT2D eigenvalue weighted by atomic mass is 16.2. The summed E-state index contributed by atoms with van der Waals surface area (Å²) < 4.78 is 0. The van der Waals surface area contributed by atoms with Crippen LogP contribution in [-0.4, -0.2) is 19.5 Å². The number of rotatable bonds is 4. The minimum Gasteiger partial charge on any atom is -0.310 e. The van der Waals surface area contributed by atoms with Gasteiger partial charge in [0.2, 0.25) is 5.91 Å². The van der Waals surface area contributed by atoms with E-state index in [4.69, 9.17) is 5.26 Å². The van der Waals surface area contributed by atoms with Crippen LogP contribution in [0.1, 0.15) is 24.4 Å². The zero-order chi connectivity index (χ0) is 12.3. The van der Waals surface area contributed by atoms with Gasteiger partial charge in [-0.3, -0.25) is 4.79 Å². The third-order valence-electron chi connectivity index (χ3n) is 3.01. The Morgan fingerprint density at radius 3 is 2.94 bits per heavy atom. The summed E-state index contributed by atoms with van der Waals surface area (Å²) in [5, 5.41) is 11.6. The third-order valence-corrected chi connectivity index (χ3v) is 3.01. The van der Waals surface area contributed by atoms with E-state index in [0.29, 0.717) is 19.4 Å². The van der Waals surface area contributed by atoms with E-state index in [0.717, 1.165) is 11.3 Å². The number of para-hydroxylation sites is 1. The predicted octanol–water partition coefficient (Wildman–Crippen LogP) is 1.60. The van der Waals surface area contributed by atoms with Crippen LogP contribution in [0.25, 0.3) is 0 Å². The van der Waals surface area contributed by atoms with E-state index < -0.39 is 0 Å². The van der Waals surface area contributed by atoms with Crippen molar-refractivity contribution < 1.29 is 4.79 Å². The van der Waals surface area contributed by atoms with Gasteiger partial charge in [-0.25, -0.2) is 0 Å². The molecule has 0 spiro atoms. The minimum absolute atomic E-state index is 0.0756. The lowest BCUT2D eigenvalue weighted by atomic mass is 10.1. The van der Waals surface area contributed by atoms with Crippen LogP contribution >= 0.6 is 0 Å². The number of anilines is 1. The van der Waals surface area contributed by atoms with Crippen LogP contribution in [0.15, 0.2) is 24.3 Å². The topological polar surface area (TPSA) is 56.1 Å². The molecule has 0 aromatic heterocycles. The van der Waals surface area contributed by atoms with E-state index in [2.05, 4.69) is 11.4 Å². The first kappa shape index (κ1) is 11.6. The smallest absolute Gasteiger partial charge is 0.248 e. The van der Waals surface area contributed by atoms with Crippen molar-refractivity contribution in [3.63, 3.8) is 0 Å². The number of nitrogens with one attached hydrogen (secondary N) is 1. The molecule has 1 amide bonds. The molecule has 1 aromatic rings. The van der Waals surface area contributed by atoms with Gasteiger partial charge in [0.15, 0.2) is 0 Å². The van der Waals surface area contributed by atoms with Crippen LogP contribution in [0, 0.1) is 11.3 Å². The highest BCUT2D eigenvalue weighted by Crippen LogP contribution is 2.35. The number of hydrogen-bond acceptors (Lipinski definition) is 3. The highest BCUT2D eigenvalue weighted by Gasteiger charge is 2.35. The van der Waals surface area contributed by atoms with Gasteiger partial charge in [-0.05, 0) is 19.5 Å². The van der Waals surface area contributed by atoms with E-state index in [9.17, 15) is 4.79 Å². The van der Waals surface area contributed by atoms with Crippen molar-refractivity contribution in [3.05, 3.63) is 29.8 Å². The van der Waals surface area contributed by atoms with E-state index in [1.165, 1.54) is 0 Å². The number of unbranched alkanes of at least 4 members (excludes halogenated alkanes) is 1. The fourth-order valence-corrected chi connectivity index (χ4v) is 2.21. The molecular formula is C13H15N3O. The summed E-state index contributed by atoms with van der Waals surface area (Å²) >= 11 is 0. The Morgan fingerprint density at radius 2 is 2.24 bits per heavy atom. The van der Waals surface area contributed by atoms with E-state index in [1.54, 1.807) is 11.9 Å². The molecule has 0 bridgehead atoms. The van der Waals surface area contributed by atoms with Gasteiger partial charge in [-0.2, -0.15) is 5.26 Å². The molecule has 1 unspecified atom stereocenters. The van der Waals surface area contributed by atoms with Crippen molar-refractivity contribution in [2.24, 2.45) is 0 Å². The van der Waals surface area contributed by atoms with Crippen molar-refractivity contribution in [1.82, 2.24) is 5.32 Å². The average molecular weight is 229 g/mol. The first-order chi connectivity index (χ1) is 8.29. The monoisotopic (exact) mass is 229 g/mol. The number of carbonyl (C=O) groups excluding carboxylic acids is 1. The van der Waals surface area contributed by atoms with Crippen LogP contribution in [0.4, 0.5) is 5.69 Å². The maximum atomic E-state index is 12.2. The molecule has 1 aromatic carbocycles. The van der Waals surface area contributed by atoms with Gasteiger partial charge in [0.05, 0.1) is 6.07 Å². The number of nitrogens with zero attached hydrogens (tertiary/aromatic N) is 2. The lowest BCUT2D eigenvalue weighted by molar-refractivity contribution is -0.119. The molecule has 17 heavy (non-hydrogen) atoms. The van der Waals surface area contributed by atoms with Gasteiger partial charge in [0.25, 0.3) is 0 Å². The Balaban J connectivity index is 2.23. The molecule has 1 aliphatic heterocycles. The van der Waals surface area contributed by atoms with Crippen molar-refractivity contribution in [1.29, 1.82) is 5.26 Å². The second-order valence-corrected chi connectivity index (χ2v) is 4.03. The quantitative estimate of drug-likeness (QED) is 0.798. The number of fused-ring (bicyclic) bond motifs is 1. The number of carbonyl (C=O) groups is 1. The van der Waals surface area contributed by atoms with Crippen LogP contribution < -0.4 is 10.2 Å². The molecule has 0 aliphatic carbocycles. The SMILES string of the molecule is CNC1C(=O)N(CCCC#N)c2ccccc21. The summed E-state index contributed by atoms with van der Waals surface area (Å²) in [6, 6.07) is 9.66. The molecule has 1 aliphatic rings. The second kappa shape index (κ2) is 4.98. The molecule has 0 radical (unpaired) electrons. The van der Waals surface area contributed by atoms with Crippen molar-refractivity contribution in [2.75, 3.05) is 18.5 Å². The molecule has 0 fully saturated rings. The van der Waals surface area contributed by atoms with E-state index in [-0.39, 0.29) is 11.9 Å². The van der Waals surface area contributed by atoms with Crippen molar-refractivity contribution >= 4 is 11.6 Å². The Kier molecular flexibility index (Phi) is 3.40. The van der Waals surface area contributed by atoms with Crippen LogP contribution in [0.3, 0.4) is 0 Å². The zero-order valence-corrected chi connectivity index (χ0v) is 9.81. The Labute approximate surface area is 101 Å². The molecule has 88 valence electrons. The Morgan fingerprint density at radius 1 is 1.47 bits per heavy atom. The zero-order valence-electron chi connectivity index (χ0n) is 9.81. The molecule has 4 nitrogen and oxygen atoms in total. The number of benzene rings is 1. The molecule has 4 heteroatoms. The lowest BCUT2D eigenvalue weighted by Gasteiger charge is -2.16. The van der Waals surface area contributed by atoms with Crippen LogP contribution in [-0.2, 0) is 4.79 Å². The van der Waals surface area contributed by atoms with Crippen LogP contribution in [0.5, 0.6) is 0 Å². The van der Waals surface area contributed by atoms with Gasteiger partial charge < -0.3 is 10.2 Å². The van der Waals surface area contributed by atoms with Crippen molar-refractivity contribution in [3.8, 4) is 6.07 Å². The fraction of sp³-hybridized carbons (Fsp3) is 0.385. The molecule has 1 N–H and O–H groups in total. The lowest BCUT2D eigenvalue weighted by Crippen LogP contribution is -2.33. The second-order valence-electron chi connectivity index (χ2n) is 4.03. The fourth-order valence-electron chi connectivity index (χ4n) is 2.21. The normalized spacial score (nSPS) is 18.0. The first-order valence-corrected chi connectivity index (χ1v) is 5.74. The largest absolute Gasteiger partial charge is 0.310 e. The number of nitriles is 1. The van der Waals surface area contributed by atoms with Crippen molar-refractivity contribution in [2.45, 2.75) is 18.9 Å². The molecule has 1 atom stereocenters. The summed E-state index contributed by atoms with van der Waals surface area (Å²) in [5.41, 5.74) is 1.99. The van der Waals surface area contributed by atoms with Gasteiger partial charge in [0, 0.05) is 24.2 Å². The molecule has 0 saturated heterocycles. The number of hydrogen-bond donors (Lipinski definition) is 1. The summed E-state index contributed by atoms with van der Waals surface area (Å²) in [5.74, 6) is 0.0756. The summed E-state index contributed by atoms with van der Waals surface area (Å²) in [6.45, 7) is 0.613. The number of likely N-dealkylation sites (N-methyl/N-ethyl adjacent to an activating group) is 1. The van der Waals surface area contributed by atoms with Gasteiger partial charge >= 0.3 is 0 Å². The molecular weight excluding hydrogens is 214 g/mol. The molecule has 2 rings (SSSR count). The van der Waals surface area contributed by atoms with E-state index in [1.807, 2.05) is 24.3 Å². The summed E-state index contributed by atoms with van der Waals surface area (Å²) in [7, 11) is 1.79. The van der Waals surface area contributed by atoms with Gasteiger partial charge in [-0.15, -0.1) is 0 Å². The first-order valence-electron chi connectivity index (χ1n) is 5.74. The predicted molar refractivity (Wildman–Crippen MR) is 65.4 cm³/mol. The average Bonchev–Trinajstić information content (AvgIpc) is 2.62. The maximum Gasteiger partial charge on any atom is 0.248 e. The summed E-state index contributed by atoms with van der Waals surface area (Å²) in [4.78, 5) is 13.9. The van der Waals surface area contributed by atoms with Gasteiger partial charge in [0.1, 0.15) is 6.04 Å². The van der Waals surface area contributed by atoms with Gasteiger partial charge in [-0.1, -0.05) is 18.2 Å². The summed E-state index contributed by atoms with van der Waals surface area (Å²) in [6.07, 6.45) is 1.20. The van der Waals surface area contributed by atoms with Crippen LogP contribution in [0.2, 0.25) is 0 Å².